The van der Waals surface area contributed by atoms with Gasteiger partial charge in [0.2, 0.25) is 0 Å². The molecule has 170 valence electrons. The molecule has 3 aromatic heterocycles. The van der Waals surface area contributed by atoms with Gasteiger partial charge < -0.3 is 14.4 Å². The van der Waals surface area contributed by atoms with Gasteiger partial charge in [-0.2, -0.15) is 5.26 Å². The van der Waals surface area contributed by atoms with Crippen molar-refractivity contribution in [2.45, 2.75) is 47.0 Å². The van der Waals surface area contributed by atoms with Crippen molar-refractivity contribution in [1.82, 2.24) is 19.5 Å². The molecule has 1 aliphatic heterocycles. The fourth-order valence-corrected chi connectivity index (χ4v) is 3.64. The van der Waals surface area contributed by atoms with E-state index in [9.17, 15) is 0 Å². The first-order valence-corrected chi connectivity index (χ1v) is 11.5. The number of aromatic nitrogens is 4. The molecule has 0 radical (unpaired) electrons. The molecule has 7 heteroatoms. The quantitative estimate of drug-likeness (QED) is 0.558. The molecule has 4 heterocycles. The predicted molar refractivity (Wildman–Crippen MR) is 131 cm³/mol. The van der Waals surface area contributed by atoms with E-state index < -0.39 is 0 Å². The third-order valence-electron chi connectivity index (χ3n) is 6.15. The summed E-state index contributed by atoms with van der Waals surface area (Å²) in [4.78, 5) is 17.9. The monoisotopic (exact) mass is 433 g/mol. The van der Waals surface area contributed by atoms with Gasteiger partial charge >= 0.3 is 0 Å². The van der Waals surface area contributed by atoms with Crippen molar-refractivity contribution >= 4 is 28.4 Å². The summed E-state index contributed by atoms with van der Waals surface area (Å²) in [6, 6.07) is 6.56. The van der Waals surface area contributed by atoms with Gasteiger partial charge in [-0.1, -0.05) is 34.1 Å². The van der Waals surface area contributed by atoms with E-state index in [1.54, 1.807) is 12.5 Å². The van der Waals surface area contributed by atoms with E-state index in [1.165, 1.54) is 12.0 Å². The van der Waals surface area contributed by atoms with Crippen LogP contribution in [0.5, 0.6) is 0 Å². The van der Waals surface area contributed by atoms with Crippen molar-refractivity contribution in [2.24, 2.45) is 18.9 Å². The molecule has 0 spiro atoms. The van der Waals surface area contributed by atoms with E-state index in [1.807, 2.05) is 30.9 Å². The Labute approximate surface area is 191 Å². The maximum Gasteiger partial charge on any atom is 0.134 e. The van der Waals surface area contributed by atoms with Crippen LogP contribution in [-0.4, -0.2) is 39.7 Å². The lowest BCUT2D eigenvalue weighted by molar-refractivity contribution is 0.626. The third-order valence-corrected chi connectivity index (χ3v) is 6.15. The first-order chi connectivity index (χ1) is 15.4. The molecule has 0 saturated carbocycles. The van der Waals surface area contributed by atoms with E-state index >= 15 is 0 Å². The zero-order chi connectivity index (χ0) is 23.3. The highest BCUT2D eigenvalue weighted by Gasteiger charge is 2.24. The lowest BCUT2D eigenvalue weighted by Gasteiger charge is -2.23. The number of hydrogen-bond acceptors (Lipinski definition) is 6. The molecule has 3 aromatic rings. The van der Waals surface area contributed by atoms with E-state index in [4.69, 9.17) is 5.26 Å². The predicted octanol–water partition coefficient (Wildman–Crippen LogP) is 5.10. The van der Waals surface area contributed by atoms with E-state index in [0.29, 0.717) is 0 Å². The smallest absolute Gasteiger partial charge is 0.134 e. The molecule has 1 unspecified atom stereocenters. The Morgan fingerprint density at radius 2 is 1.94 bits per heavy atom. The Kier molecular flexibility index (Phi) is 7.68. The first kappa shape index (κ1) is 23.5. The van der Waals surface area contributed by atoms with Crippen molar-refractivity contribution in [3.05, 3.63) is 36.4 Å². The molecule has 1 atom stereocenters. The molecule has 0 aromatic carbocycles. The second-order valence-corrected chi connectivity index (χ2v) is 8.83. The molecule has 32 heavy (non-hydrogen) atoms. The summed E-state index contributed by atoms with van der Waals surface area (Å²) in [5.74, 6) is 2.81. The Balaban J connectivity index is 0.000000523. The van der Waals surface area contributed by atoms with Crippen LogP contribution in [0.3, 0.4) is 0 Å². The summed E-state index contributed by atoms with van der Waals surface area (Å²) in [6.45, 7) is 10.4. The minimum Gasteiger partial charge on any atom is -0.355 e. The molecule has 0 amide bonds. The highest BCUT2D eigenvalue weighted by atomic mass is 15.2. The second-order valence-electron chi connectivity index (χ2n) is 8.83. The number of fused-ring (bicyclic) bond motifs is 1. The van der Waals surface area contributed by atoms with Gasteiger partial charge in [-0.3, -0.25) is 0 Å². The zero-order valence-electron chi connectivity index (χ0n) is 20.2. The Morgan fingerprint density at radius 1 is 1.19 bits per heavy atom. The van der Waals surface area contributed by atoms with Crippen molar-refractivity contribution in [2.75, 3.05) is 29.9 Å². The van der Waals surface area contributed by atoms with Crippen molar-refractivity contribution in [1.29, 1.82) is 5.26 Å². The minimum atomic E-state index is 0.106. The number of imidazole rings is 1. The van der Waals surface area contributed by atoms with Gasteiger partial charge in [0.25, 0.3) is 0 Å². The van der Waals surface area contributed by atoms with Gasteiger partial charge in [0.05, 0.1) is 41.9 Å². The SMILES string of the molecule is CCC(C)C.CCc1cc(N2CCC(C#N)C2)ncc1N(C)c1cc2c(cn1)ncn2C. The second kappa shape index (κ2) is 10.4. The first-order valence-electron chi connectivity index (χ1n) is 11.5. The van der Waals surface area contributed by atoms with Gasteiger partial charge in [0.1, 0.15) is 17.2 Å². The average Bonchev–Trinajstić information content (AvgIpc) is 3.45. The molecule has 4 rings (SSSR count). The van der Waals surface area contributed by atoms with Crippen LogP contribution >= 0.6 is 0 Å². The Morgan fingerprint density at radius 3 is 2.56 bits per heavy atom. The summed E-state index contributed by atoms with van der Waals surface area (Å²) < 4.78 is 2.00. The number of anilines is 3. The van der Waals surface area contributed by atoms with Crippen LogP contribution in [0.4, 0.5) is 17.3 Å². The molecule has 0 aliphatic carbocycles. The summed E-state index contributed by atoms with van der Waals surface area (Å²) >= 11 is 0. The third kappa shape index (κ3) is 5.18. The molecular formula is C25H35N7. The van der Waals surface area contributed by atoms with Crippen LogP contribution in [-0.2, 0) is 13.5 Å². The molecular weight excluding hydrogens is 398 g/mol. The lowest BCUT2D eigenvalue weighted by atomic mass is 10.1. The van der Waals surface area contributed by atoms with Gasteiger partial charge in [-0.25, -0.2) is 15.0 Å². The van der Waals surface area contributed by atoms with Crippen molar-refractivity contribution in [3.63, 3.8) is 0 Å². The normalized spacial score (nSPS) is 15.6. The van der Waals surface area contributed by atoms with Crippen molar-refractivity contribution in [3.8, 4) is 6.07 Å². The van der Waals surface area contributed by atoms with Gasteiger partial charge in [-0.15, -0.1) is 0 Å². The topological polar surface area (TPSA) is 73.9 Å². The average molecular weight is 434 g/mol. The molecule has 1 aliphatic rings. The summed E-state index contributed by atoms with van der Waals surface area (Å²) in [5, 5.41) is 9.14. The van der Waals surface area contributed by atoms with Crippen LogP contribution < -0.4 is 9.80 Å². The Bertz CT molecular complexity index is 1080. The highest BCUT2D eigenvalue weighted by Crippen LogP contribution is 2.31. The maximum atomic E-state index is 9.14. The van der Waals surface area contributed by atoms with Gasteiger partial charge in [-0.05, 0) is 30.4 Å². The van der Waals surface area contributed by atoms with Crippen LogP contribution in [0.15, 0.2) is 30.9 Å². The van der Waals surface area contributed by atoms with E-state index in [0.717, 1.165) is 60.2 Å². The number of nitrogens with zero attached hydrogens (tertiary/aromatic N) is 7. The van der Waals surface area contributed by atoms with E-state index in [-0.39, 0.29) is 5.92 Å². The largest absolute Gasteiger partial charge is 0.355 e. The summed E-state index contributed by atoms with van der Waals surface area (Å²) in [5.41, 5.74) is 4.20. The van der Waals surface area contributed by atoms with Crippen LogP contribution in [0.25, 0.3) is 11.0 Å². The van der Waals surface area contributed by atoms with Crippen LogP contribution in [0.2, 0.25) is 0 Å². The molecule has 1 saturated heterocycles. The van der Waals surface area contributed by atoms with Crippen LogP contribution in [0.1, 0.15) is 46.1 Å². The fraction of sp³-hybridized carbons (Fsp3) is 0.520. The number of pyridine rings is 2. The number of nitriles is 1. The lowest BCUT2D eigenvalue weighted by Crippen LogP contribution is -2.21. The standard InChI is InChI=1S/C20H23N7.C5H12/c1-4-15-7-20(27-6-5-14(9-21)12-27)23-11-18(15)26(3)19-8-17-16(10-22-19)24-13-25(17)2;1-4-5(2)3/h7-8,10-11,13-14H,4-6,12H2,1-3H3;5H,4H2,1-3H3. The van der Waals surface area contributed by atoms with E-state index in [2.05, 4.69) is 64.6 Å². The number of rotatable bonds is 5. The molecule has 1 fully saturated rings. The summed E-state index contributed by atoms with van der Waals surface area (Å²) in [7, 11) is 4.00. The highest BCUT2D eigenvalue weighted by molar-refractivity contribution is 5.79. The maximum absolute atomic E-state index is 9.14. The molecule has 0 N–H and O–H groups in total. The van der Waals surface area contributed by atoms with Crippen LogP contribution in [0, 0.1) is 23.2 Å². The molecule has 7 nitrogen and oxygen atoms in total. The van der Waals surface area contributed by atoms with Gasteiger partial charge in [0.15, 0.2) is 0 Å². The minimum absolute atomic E-state index is 0.106. The number of hydrogen-bond donors (Lipinski definition) is 0. The molecule has 0 bridgehead atoms. The van der Waals surface area contributed by atoms with Gasteiger partial charge in [0, 0.05) is 33.3 Å². The van der Waals surface area contributed by atoms with Crippen molar-refractivity contribution < 1.29 is 0 Å². The summed E-state index contributed by atoms with van der Waals surface area (Å²) in [6.07, 6.45) is 8.65. The number of aryl methyl sites for hydroxylation is 2. The Hall–Kier alpha value is -3.14. The fourth-order valence-electron chi connectivity index (χ4n) is 3.64. The zero-order valence-corrected chi connectivity index (χ0v) is 20.2.